The van der Waals surface area contributed by atoms with Crippen molar-refractivity contribution in [1.29, 1.82) is 0 Å². The monoisotopic (exact) mass is 346 g/mol. The minimum atomic E-state index is -0.0173. The lowest BCUT2D eigenvalue weighted by atomic mass is 10.1. The molecule has 0 aliphatic carbocycles. The Morgan fingerprint density at radius 3 is 2.92 bits per heavy atom. The highest BCUT2D eigenvalue weighted by Gasteiger charge is 2.21. The maximum absolute atomic E-state index is 11.5. The van der Waals surface area contributed by atoms with E-state index < -0.39 is 0 Å². The molecule has 128 valence electrons. The number of benzene rings is 1. The Balaban J connectivity index is 1.78. The molecule has 0 spiro atoms. The van der Waals surface area contributed by atoms with Crippen LogP contribution in [0.15, 0.2) is 35.5 Å². The summed E-state index contributed by atoms with van der Waals surface area (Å²) in [7, 11) is 1.64. The van der Waals surface area contributed by atoms with Crippen LogP contribution in [-0.2, 0) is 22.5 Å². The Labute approximate surface area is 146 Å². The maximum atomic E-state index is 11.5. The number of nitrogens with one attached hydrogen (secondary N) is 1. The van der Waals surface area contributed by atoms with Gasteiger partial charge in [-0.15, -0.1) is 10.2 Å². The summed E-state index contributed by atoms with van der Waals surface area (Å²) >= 11 is 1.42. The first-order valence-electron chi connectivity index (χ1n) is 8.17. The van der Waals surface area contributed by atoms with Gasteiger partial charge in [0.15, 0.2) is 5.16 Å². The number of carbonyl (C=O) groups excluding carboxylic acids is 1. The third kappa shape index (κ3) is 4.36. The van der Waals surface area contributed by atoms with E-state index in [0.717, 1.165) is 43.4 Å². The highest BCUT2D eigenvalue weighted by Crippen LogP contribution is 2.22. The van der Waals surface area contributed by atoms with Crippen molar-refractivity contribution in [1.82, 2.24) is 20.1 Å². The first-order valence-corrected chi connectivity index (χ1v) is 9.16. The van der Waals surface area contributed by atoms with Crippen LogP contribution in [0.1, 0.15) is 24.2 Å². The summed E-state index contributed by atoms with van der Waals surface area (Å²) in [6.07, 6.45) is 3.08. The minimum Gasteiger partial charge on any atom is -0.376 e. The summed E-state index contributed by atoms with van der Waals surface area (Å²) < 4.78 is 7.88. The zero-order valence-corrected chi connectivity index (χ0v) is 14.6. The zero-order chi connectivity index (χ0) is 16.8. The van der Waals surface area contributed by atoms with Gasteiger partial charge < -0.3 is 14.6 Å². The van der Waals surface area contributed by atoms with Crippen molar-refractivity contribution >= 4 is 17.7 Å². The van der Waals surface area contributed by atoms with Crippen LogP contribution in [0, 0.1) is 0 Å². The minimum absolute atomic E-state index is 0.0173. The number of aromatic nitrogens is 3. The fourth-order valence-corrected chi connectivity index (χ4v) is 3.55. The number of thioether (sulfide) groups is 1. The van der Waals surface area contributed by atoms with Crippen molar-refractivity contribution in [3.05, 3.63) is 41.7 Å². The number of carbonyl (C=O) groups is 1. The summed E-state index contributed by atoms with van der Waals surface area (Å²) in [5.41, 5.74) is 1.20. The highest BCUT2D eigenvalue weighted by molar-refractivity contribution is 7.99. The molecule has 2 aromatic rings. The molecule has 1 aromatic carbocycles. The van der Waals surface area contributed by atoms with E-state index in [4.69, 9.17) is 4.74 Å². The largest absolute Gasteiger partial charge is 0.376 e. The second kappa shape index (κ2) is 8.30. The Morgan fingerprint density at radius 1 is 1.38 bits per heavy atom. The molecule has 1 aliphatic heterocycles. The standard InChI is InChI=1S/C17H22N4O2S/c1-18-16(22)12-24-17-20-19-15(10-13-6-3-2-4-7-13)21(17)11-14-8-5-9-23-14/h2-4,6-7,14H,5,8-12H2,1H3,(H,18,22). The fraction of sp³-hybridized carbons (Fsp3) is 0.471. The molecule has 1 atom stereocenters. The van der Waals surface area contributed by atoms with Crippen LogP contribution in [0.2, 0.25) is 0 Å². The quantitative estimate of drug-likeness (QED) is 0.776. The lowest BCUT2D eigenvalue weighted by molar-refractivity contribution is -0.118. The number of rotatable bonds is 7. The SMILES string of the molecule is CNC(=O)CSc1nnc(Cc2ccccc2)n1CC1CCCO1. The van der Waals surface area contributed by atoms with Gasteiger partial charge in [-0.25, -0.2) is 0 Å². The number of hydrogen-bond acceptors (Lipinski definition) is 5. The van der Waals surface area contributed by atoms with Crippen molar-refractivity contribution < 1.29 is 9.53 Å². The molecule has 2 heterocycles. The molecular formula is C17H22N4O2S. The zero-order valence-electron chi connectivity index (χ0n) is 13.8. The molecule has 1 saturated heterocycles. The van der Waals surface area contributed by atoms with Gasteiger partial charge in [0.2, 0.25) is 5.91 Å². The van der Waals surface area contributed by atoms with Gasteiger partial charge in [0.1, 0.15) is 5.82 Å². The molecule has 1 aromatic heterocycles. The molecule has 1 N–H and O–H groups in total. The Morgan fingerprint density at radius 2 is 2.21 bits per heavy atom. The average Bonchev–Trinajstić information content (AvgIpc) is 3.25. The van der Waals surface area contributed by atoms with Gasteiger partial charge in [-0.1, -0.05) is 42.1 Å². The van der Waals surface area contributed by atoms with Crippen LogP contribution in [0.4, 0.5) is 0 Å². The molecule has 24 heavy (non-hydrogen) atoms. The van der Waals surface area contributed by atoms with Gasteiger partial charge >= 0.3 is 0 Å². The van der Waals surface area contributed by atoms with Crippen LogP contribution in [0.5, 0.6) is 0 Å². The predicted octanol–water partition coefficient (Wildman–Crippen LogP) is 1.89. The summed E-state index contributed by atoms with van der Waals surface area (Å²) in [4.78, 5) is 11.5. The van der Waals surface area contributed by atoms with Gasteiger partial charge in [0.25, 0.3) is 0 Å². The normalized spacial score (nSPS) is 17.1. The van der Waals surface area contributed by atoms with Gasteiger partial charge in [0.05, 0.1) is 18.4 Å². The Bertz CT molecular complexity index is 668. The Hall–Kier alpha value is -1.86. The van der Waals surface area contributed by atoms with E-state index in [1.165, 1.54) is 17.3 Å². The lowest BCUT2D eigenvalue weighted by Crippen LogP contribution is -2.21. The van der Waals surface area contributed by atoms with Crippen molar-refractivity contribution in [2.24, 2.45) is 0 Å². The molecule has 0 bridgehead atoms. The molecule has 1 aliphatic rings. The first kappa shape index (κ1) is 17.0. The number of amides is 1. The van der Waals surface area contributed by atoms with Crippen LogP contribution in [0.25, 0.3) is 0 Å². The first-order chi connectivity index (χ1) is 11.8. The van der Waals surface area contributed by atoms with E-state index in [1.807, 2.05) is 18.2 Å². The number of ether oxygens (including phenoxy) is 1. The third-order valence-electron chi connectivity index (χ3n) is 4.02. The van der Waals surface area contributed by atoms with Crippen molar-refractivity contribution in [3.8, 4) is 0 Å². The molecule has 1 unspecified atom stereocenters. The summed E-state index contributed by atoms with van der Waals surface area (Å²) in [6.45, 7) is 1.56. The van der Waals surface area contributed by atoms with Crippen LogP contribution in [-0.4, -0.2) is 46.2 Å². The second-order valence-corrected chi connectivity index (χ2v) is 6.71. The molecule has 7 heteroatoms. The molecule has 6 nitrogen and oxygen atoms in total. The van der Waals surface area contributed by atoms with Gasteiger partial charge in [0, 0.05) is 20.1 Å². The number of nitrogens with zero attached hydrogens (tertiary/aromatic N) is 3. The van der Waals surface area contributed by atoms with Gasteiger partial charge in [-0.3, -0.25) is 4.79 Å². The van der Waals surface area contributed by atoms with Crippen molar-refractivity contribution in [2.75, 3.05) is 19.4 Å². The molecule has 3 rings (SSSR count). The van der Waals surface area contributed by atoms with E-state index in [0.29, 0.717) is 5.75 Å². The van der Waals surface area contributed by atoms with Crippen molar-refractivity contribution in [2.45, 2.75) is 37.1 Å². The van der Waals surface area contributed by atoms with Gasteiger partial charge in [-0.05, 0) is 18.4 Å². The van der Waals surface area contributed by atoms with E-state index in [1.54, 1.807) is 7.05 Å². The Kier molecular flexibility index (Phi) is 5.87. The third-order valence-corrected chi connectivity index (χ3v) is 4.99. The average molecular weight is 346 g/mol. The fourth-order valence-electron chi connectivity index (χ4n) is 2.71. The van der Waals surface area contributed by atoms with Crippen LogP contribution >= 0.6 is 11.8 Å². The molecule has 0 saturated carbocycles. The molecular weight excluding hydrogens is 324 g/mol. The van der Waals surface area contributed by atoms with E-state index in [2.05, 4.69) is 32.2 Å². The second-order valence-electron chi connectivity index (χ2n) is 5.77. The molecule has 1 fully saturated rings. The summed E-state index contributed by atoms with van der Waals surface area (Å²) in [6, 6.07) is 10.2. The highest BCUT2D eigenvalue weighted by atomic mass is 32.2. The summed E-state index contributed by atoms with van der Waals surface area (Å²) in [5.74, 6) is 1.23. The topological polar surface area (TPSA) is 69.0 Å². The maximum Gasteiger partial charge on any atom is 0.230 e. The van der Waals surface area contributed by atoms with E-state index in [9.17, 15) is 4.79 Å². The van der Waals surface area contributed by atoms with Crippen LogP contribution in [0.3, 0.4) is 0 Å². The summed E-state index contributed by atoms with van der Waals surface area (Å²) in [5, 5.41) is 12.1. The number of hydrogen-bond donors (Lipinski definition) is 1. The van der Waals surface area contributed by atoms with Gasteiger partial charge in [-0.2, -0.15) is 0 Å². The molecule has 0 radical (unpaired) electrons. The predicted molar refractivity (Wildman–Crippen MR) is 93.0 cm³/mol. The lowest BCUT2D eigenvalue weighted by Gasteiger charge is -2.14. The molecule has 1 amide bonds. The van der Waals surface area contributed by atoms with Crippen LogP contribution < -0.4 is 5.32 Å². The van der Waals surface area contributed by atoms with Crippen molar-refractivity contribution in [3.63, 3.8) is 0 Å². The van der Waals surface area contributed by atoms with E-state index >= 15 is 0 Å². The smallest absolute Gasteiger partial charge is 0.230 e. The van der Waals surface area contributed by atoms with E-state index in [-0.39, 0.29) is 12.0 Å².